The fraction of sp³-hybridized carbons (Fsp3) is 0.375. The number of benzene rings is 1. The maximum atomic E-state index is 12.9. The fourth-order valence-corrected chi connectivity index (χ4v) is 4.51. The van der Waals surface area contributed by atoms with E-state index in [0.717, 1.165) is 57.7 Å². The maximum absolute atomic E-state index is 12.9. The van der Waals surface area contributed by atoms with Gasteiger partial charge in [0.15, 0.2) is 0 Å². The van der Waals surface area contributed by atoms with Crippen LogP contribution in [0.25, 0.3) is 0 Å². The number of hydrogen-bond donors (Lipinski definition) is 3. The van der Waals surface area contributed by atoms with Gasteiger partial charge in [-0.25, -0.2) is 10.6 Å². The van der Waals surface area contributed by atoms with Gasteiger partial charge in [0, 0.05) is 56.1 Å². The summed E-state index contributed by atoms with van der Waals surface area (Å²) in [7, 11) is 0. The molecule has 1 aliphatic heterocycles. The van der Waals surface area contributed by atoms with Crippen LogP contribution in [-0.4, -0.2) is 71.8 Å². The van der Waals surface area contributed by atoms with Crippen LogP contribution in [0.3, 0.4) is 0 Å². The van der Waals surface area contributed by atoms with Crippen molar-refractivity contribution in [3.05, 3.63) is 64.5 Å². The number of carbonyl (C=O) groups excluding carboxylic acids is 2. The van der Waals surface area contributed by atoms with E-state index in [9.17, 15) is 14.4 Å². The molecule has 3 aliphatic rings. The van der Waals surface area contributed by atoms with Crippen molar-refractivity contribution >= 4 is 23.2 Å². The lowest BCUT2D eigenvalue weighted by Crippen LogP contribution is -2.47. The molecule has 1 aromatic rings. The first-order chi connectivity index (χ1) is 15.9. The normalized spacial score (nSPS) is 19.2. The highest BCUT2D eigenvalue weighted by atomic mass is 16.4. The molecule has 1 saturated heterocycles. The average molecular weight is 452 g/mol. The zero-order valence-electron chi connectivity index (χ0n) is 18.5. The number of hydrazine groups is 1. The van der Waals surface area contributed by atoms with E-state index in [0.29, 0.717) is 17.7 Å². The lowest BCUT2D eigenvalue weighted by molar-refractivity contribution is -0.118. The molecular formula is C24H29N5O4. The molecule has 0 atom stereocenters. The number of nitrogens with two attached hydrogens (primary N) is 2. The molecule has 0 radical (unpaired) electrons. The van der Waals surface area contributed by atoms with Crippen LogP contribution in [0.15, 0.2) is 59.0 Å². The average Bonchev–Trinajstić information content (AvgIpc) is 2.83. The van der Waals surface area contributed by atoms with Crippen LogP contribution in [0.2, 0.25) is 0 Å². The van der Waals surface area contributed by atoms with Crippen LogP contribution < -0.4 is 16.5 Å². The highest BCUT2D eigenvalue weighted by Crippen LogP contribution is 2.30. The molecule has 33 heavy (non-hydrogen) atoms. The van der Waals surface area contributed by atoms with Gasteiger partial charge in [0.05, 0.1) is 5.56 Å². The summed E-state index contributed by atoms with van der Waals surface area (Å²) in [6.07, 6.45) is 5.76. The molecule has 0 spiro atoms. The molecule has 174 valence electrons. The van der Waals surface area contributed by atoms with Crippen molar-refractivity contribution in [3.63, 3.8) is 0 Å². The highest BCUT2D eigenvalue weighted by molar-refractivity contribution is 6.29. The molecular weight excluding hydrogens is 422 g/mol. The Bertz CT molecular complexity index is 1050. The number of rotatable bonds is 7. The summed E-state index contributed by atoms with van der Waals surface area (Å²) in [5, 5.41) is 10.4. The molecule has 1 heterocycles. The Balaban J connectivity index is 1.28. The number of hydrogen-bond acceptors (Lipinski definition) is 8. The van der Waals surface area contributed by atoms with Gasteiger partial charge in [0.25, 0.3) is 0 Å². The third-order valence-electron chi connectivity index (χ3n) is 6.37. The number of aromatic carboxylic acids is 1. The number of anilines is 1. The monoisotopic (exact) mass is 451 g/mol. The van der Waals surface area contributed by atoms with Crippen molar-refractivity contribution in [2.45, 2.75) is 19.3 Å². The number of nitrogens with zero attached hydrogens (tertiary/aromatic N) is 3. The number of carbonyl (C=O) groups is 3. The second-order valence-corrected chi connectivity index (χ2v) is 8.46. The van der Waals surface area contributed by atoms with Gasteiger partial charge in [-0.15, -0.1) is 0 Å². The minimum absolute atomic E-state index is 0.0738. The zero-order chi connectivity index (χ0) is 23.5. The SMILES string of the molecule is NC1=C(N(N)CCCN2CCN(c3ccc(C(=O)O)cc3)CC2)C(=O)C2=CCCC=C2C1=O. The van der Waals surface area contributed by atoms with E-state index in [1.807, 2.05) is 12.1 Å². The van der Waals surface area contributed by atoms with E-state index < -0.39 is 5.97 Å². The molecule has 0 saturated carbocycles. The minimum atomic E-state index is -0.926. The highest BCUT2D eigenvalue weighted by Gasteiger charge is 2.36. The number of Topliss-reactive ketones (excluding diaryl/α,β-unsaturated/α-hetero) is 2. The first kappa shape index (κ1) is 22.8. The van der Waals surface area contributed by atoms with Crippen molar-refractivity contribution in [1.29, 1.82) is 0 Å². The zero-order valence-corrected chi connectivity index (χ0v) is 18.5. The molecule has 0 bridgehead atoms. The molecule has 0 aromatic heterocycles. The van der Waals surface area contributed by atoms with Gasteiger partial charge >= 0.3 is 5.97 Å². The number of carboxylic acid groups (broad SMARTS) is 1. The summed E-state index contributed by atoms with van der Waals surface area (Å²) in [5.41, 5.74) is 8.14. The van der Waals surface area contributed by atoms with E-state index in [-0.39, 0.29) is 28.5 Å². The molecule has 9 heteroatoms. The quantitative estimate of drug-likeness (QED) is 0.411. The number of carboxylic acids is 1. The number of allylic oxidation sites excluding steroid dienone is 4. The van der Waals surface area contributed by atoms with Gasteiger partial charge in [-0.2, -0.15) is 0 Å². The molecule has 0 amide bonds. The topological polar surface area (TPSA) is 133 Å². The minimum Gasteiger partial charge on any atom is -0.478 e. The molecule has 2 aliphatic carbocycles. The summed E-state index contributed by atoms with van der Waals surface area (Å²) in [6.45, 7) is 4.64. The third kappa shape index (κ3) is 4.69. The van der Waals surface area contributed by atoms with Crippen molar-refractivity contribution in [2.24, 2.45) is 11.6 Å². The lowest BCUT2D eigenvalue weighted by Gasteiger charge is -2.36. The summed E-state index contributed by atoms with van der Waals surface area (Å²) in [5.74, 6) is 4.65. The van der Waals surface area contributed by atoms with Gasteiger partial charge in [-0.3, -0.25) is 14.5 Å². The first-order valence-corrected chi connectivity index (χ1v) is 11.2. The predicted octanol–water partition coefficient (Wildman–Crippen LogP) is 1.04. The molecule has 4 rings (SSSR count). The molecule has 1 aromatic carbocycles. The number of fused-ring (bicyclic) bond motifs is 1. The standard InChI is InChI=1S/C24H29N5O4/c25-20-21(23(31)19-5-2-1-4-18(19)22(20)30)29(26)11-3-10-27-12-14-28(15-13-27)17-8-6-16(7-9-17)24(32)33/h4-9H,1-3,10-15,25-26H2,(H,32,33). The summed E-state index contributed by atoms with van der Waals surface area (Å²) < 4.78 is 0. The van der Waals surface area contributed by atoms with E-state index in [2.05, 4.69) is 9.80 Å². The Labute approximate surface area is 192 Å². The summed E-state index contributed by atoms with van der Waals surface area (Å²) in [6, 6.07) is 6.93. The second kappa shape index (κ2) is 9.60. The number of ketones is 2. The second-order valence-electron chi connectivity index (χ2n) is 8.46. The Kier molecular flexibility index (Phi) is 6.62. The predicted molar refractivity (Wildman–Crippen MR) is 124 cm³/mol. The molecule has 5 N–H and O–H groups in total. The Morgan fingerprint density at radius 1 is 0.970 bits per heavy atom. The Morgan fingerprint density at radius 3 is 2.18 bits per heavy atom. The van der Waals surface area contributed by atoms with Crippen LogP contribution in [-0.2, 0) is 9.59 Å². The molecule has 0 unspecified atom stereocenters. The van der Waals surface area contributed by atoms with Gasteiger partial charge in [-0.1, -0.05) is 12.2 Å². The van der Waals surface area contributed by atoms with E-state index in [4.69, 9.17) is 16.7 Å². The van der Waals surface area contributed by atoms with E-state index in [1.54, 1.807) is 24.3 Å². The van der Waals surface area contributed by atoms with E-state index >= 15 is 0 Å². The maximum Gasteiger partial charge on any atom is 0.335 e. The van der Waals surface area contributed by atoms with Gasteiger partial charge < -0.3 is 20.7 Å². The molecule has 1 fully saturated rings. The smallest absolute Gasteiger partial charge is 0.335 e. The van der Waals surface area contributed by atoms with Crippen molar-refractivity contribution in [2.75, 3.05) is 44.2 Å². The van der Waals surface area contributed by atoms with Crippen molar-refractivity contribution in [1.82, 2.24) is 9.91 Å². The largest absolute Gasteiger partial charge is 0.478 e. The van der Waals surface area contributed by atoms with Gasteiger partial charge in [-0.05, 0) is 43.5 Å². The van der Waals surface area contributed by atoms with E-state index in [1.165, 1.54) is 5.01 Å². The Morgan fingerprint density at radius 2 is 1.58 bits per heavy atom. The molecule has 9 nitrogen and oxygen atoms in total. The lowest BCUT2D eigenvalue weighted by atomic mass is 9.84. The van der Waals surface area contributed by atoms with Crippen LogP contribution >= 0.6 is 0 Å². The summed E-state index contributed by atoms with van der Waals surface area (Å²) >= 11 is 0. The van der Waals surface area contributed by atoms with Crippen molar-refractivity contribution in [3.8, 4) is 0 Å². The fourth-order valence-electron chi connectivity index (χ4n) is 4.51. The van der Waals surface area contributed by atoms with Crippen molar-refractivity contribution < 1.29 is 19.5 Å². The van der Waals surface area contributed by atoms with Crippen LogP contribution in [0.1, 0.15) is 29.6 Å². The summed E-state index contributed by atoms with van der Waals surface area (Å²) in [4.78, 5) is 41.0. The van der Waals surface area contributed by atoms with Crippen LogP contribution in [0.4, 0.5) is 5.69 Å². The number of piperazine rings is 1. The van der Waals surface area contributed by atoms with Crippen LogP contribution in [0, 0.1) is 0 Å². The first-order valence-electron chi connectivity index (χ1n) is 11.2. The Hall–Kier alpha value is -3.43. The third-order valence-corrected chi connectivity index (χ3v) is 6.37. The van der Waals surface area contributed by atoms with Gasteiger partial charge in [0.2, 0.25) is 11.6 Å². The van der Waals surface area contributed by atoms with Crippen LogP contribution in [0.5, 0.6) is 0 Å². The van der Waals surface area contributed by atoms with Gasteiger partial charge in [0.1, 0.15) is 11.4 Å².